The number of nitrogens with one attached hydrogen (secondary N) is 2. The van der Waals surface area contributed by atoms with E-state index in [1.807, 2.05) is 0 Å². The quantitative estimate of drug-likeness (QED) is 0.789. The van der Waals surface area contributed by atoms with Crippen molar-refractivity contribution in [3.63, 3.8) is 0 Å². The summed E-state index contributed by atoms with van der Waals surface area (Å²) in [4.78, 5) is 0. The van der Waals surface area contributed by atoms with E-state index < -0.39 is 0 Å². The van der Waals surface area contributed by atoms with Crippen LogP contribution in [0.15, 0.2) is 0 Å². The fourth-order valence-electron chi connectivity index (χ4n) is 3.23. The molecule has 2 rings (SSSR count). The second-order valence-corrected chi connectivity index (χ2v) is 5.62. The molecule has 2 heterocycles. The van der Waals surface area contributed by atoms with E-state index in [0.717, 1.165) is 25.5 Å². The van der Waals surface area contributed by atoms with E-state index >= 15 is 0 Å². The Hall–Kier alpha value is -0.120. The monoisotopic (exact) mass is 240 g/mol. The summed E-state index contributed by atoms with van der Waals surface area (Å²) < 4.78 is 6.03. The number of hydrogen-bond donors (Lipinski definition) is 2. The Labute approximate surface area is 106 Å². The van der Waals surface area contributed by atoms with Gasteiger partial charge in [-0.05, 0) is 51.6 Å². The van der Waals surface area contributed by atoms with Gasteiger partial charge >= 0.3 is 0 Å². The minimum atomic E-state index is 0.156. The molecule has 3 heteroatoms. The average molecular weight is 240 g/mol. The molecule has 2 aliphatic heterocycles. The van der Waals surface area contributed by atoms with Crippen LogP contribution >= 0.6 is 0 Å². The molecule has 0 saturated carbocycles. The summed E-state index contributed by atoms with van der Waals surface area (Å²) in [5, 5.41) is 7.29. The highest BCUT2D eigenvalue weighted by molar-refractivity contribution is 4.90. The molecule has 0 aliphatic carbocycles. The van der Waals surface area contributed by atoms with Crippen LogP contribution < -0.4 is 10.6 Å². The summed E-state index contributed by atoms with van der Waals surface area (Å²) in [6, 6.07) is 1.40. The number of piperidine rings is 1. The number of ether oxygens (including phenoxy) is 1. The van der Waals surface area contributed by atoms with Gasteiger partial charge < -0.3 is 15.4 Å². The van der Waals surface area contributed by atoms with Crippen LogP contribution in [-0.4, -0.2) is 37.4 Å². The first-order chi connectivity index (χ1) is 8.28. The summed E-state index contributed by atoms with van der Waals surface area (Å²) in [6.07, 6.45) is 7.24. The molecule has 17 heavy (non-hydrogen) atoms. The maximum Gasteiger partial charge on any atom is 0.0692 e. The Morgan fingerprint density at radius 2 is 1.82 bits per heavy atom. The normalized spacial score (nSPS) is 30.4. The Morgan fingerprint density at radius 3 is 2.47 bits per heavy atom. The van der Waals surface area contributed by atoms with E-state index in [4.69, 9.17) is 4.74 Å². The van der Waals surface area contributed by atoms with E-state index in [0.29, 0.717) is 6.04 Å². The Kier molecular flexibility index (Phi) is 4.83. The van der Waals surface area contributed by atoms with Crippen LogP contribution in [0.2, 0.25) is 0 Å². The smallest absolute Gasteiger partial charge is 0.0692 e. The molecule has 0 bridgehead atoms. The van der Waals surface area contributed by atoms with Crippen molar-refractivity contribution in [2.45, 2.75) is 70.1 Å². The Bertz CT molecular complexity index is 222. The van der Waals surface area contributed by atoms with Gasteiger partial charge in [0.2, 0.25) is 0 Å². The van der Waals surface area contributed by atoms with Crippen molar-refractivity contribution in [1.82, 2.24) is 10.6 Å². The van der Waals surface area contributed by atoms with E-state index in [9.17, 15) is 0 Å². The highest BCUT2D eigenvalue weighted by Gasteiger charge is 2.35. The first-order valence-electron chi connectivity index (χ1n) is 7.39. The molecule has 0 spiro atoms. The van der Waals surface area contributed by atoms with Gasteiger partial charge in [-0.2, -0.15) is 0 Å². The van der Waals surface area contributed by atoms with Crippen molar-refractivity contribution in [3.05, 3.63) is 0 Å². The van der Waals surface area contributed by atoms with Gasteiger partial charge in [0.1, 0.15) is 0 Å². The van der Waals surface area contributed by atoms with Crippen LogP contribution in [0.1, 0.15) is 52.4 Å². The third-order valence-electron chi connectivity index (χ3n) is 4.59. The van der Waals surface area contributed by atoms with Crippen LogP contribution in [0, 0.1) is 0 Å². The van der Waals surface area contributed by atoms with Crippen molar-refractivity contribution in [3.8, 4) is 0 Å². The molecule has 2 aliphatic rings. The second kappa shape index (κ2) is 6.17. The zero-order valence-electron chi connectivity index (χ0n) is 11.4. The van der Waals surface area contributed by atoms with E-state index in [1.165, 1.54) is 38.8 Å². The zero-order chi connectivity index (χ0) is 12.1. The van der Waals surface area contributed by atoms with Gasteiger partial charge in [-0.1, -0.05) is 13.8 Å². The third kappa shape index (κ3) is 3.43. The molecule has 0 radical (unpaired) electrons. The minimum absolute atomic E-state index is 0.156. The maximum atomic E-state index is 6.03. The highest BCUT2D eigenvalue weighted by atomic mass is 16.5. The zero-order valence-corrected chi connectivity index (χ0v) is 11.4. The lowest BCUT2D eigenvalue weighted by molar-refractivity contribution is -0.0943. The lowest BCUT2D eigenvalue weighted by Gasteiger charge is -2.42. The predicted molar refractivity (Wildman–Crippen MR) is 71.3 cm³/mol. The number of rotatable bonds is 4. The van der Waals surface area contributed by atoms with Gasteiger partial charge in [0.15, 0.2) is 0 Å². The van der Waals surface area contributed by atoms with Gasteiger partial charge in [0, 0.05) is 18.7 Å². The largest absolute Gasteiger partial charge is 0.375 e. The SMILES string of the molecule is CCC1(CC)CC(NC2CCNCC2)CCO1. The molecule has 3 nitrogen and oxygen atoms in total. The topological polar surface area (TPSA) is 33.3 Å². The first-order valence-corrected chi connectivity index (χ1v) is 7.39. The fraction of sp³-hybridized carbons (Fsp3) is 1.00. The summed E-state index contributed by atoms with van der Waals surface area (Å²) in [6.45, 7) is 7.80. The van der Waals surface area contributed by atoms with E-state index in [-0.39, 0.29) is 5.60 Å². The van der Waals surface area contributed by atoms with Crippen molar-refractivity contribution >= 4 is 0 Å². The lowest BCUT2D eigenvalue weighted by atomic mass is 9.85. The summed E-state index contributed by atoms with van der Waals surface area (Å²) in [5.74, 6) is 0. The molecule has 0 aromatic rings. The van der Waals surface area contributed by atoms with Gasteiger partial charge in [-0.15, -0.1) is 0 Å². The molecule has 2 fully saturated rings. The van der Waals surface area contributed by atoms with Gasteiger partial charge in [-0.3, -0.25) is 0 Å². The highest BCUT2D eigenvalue weighted by Crippen LogP contribution is 2.31. The average Bonchev–Trinajstić information content (AvgIpc) is 2.40. The fourth-order valence-corrected chi connectivity index (χ4v) is 3.23. The standard InChI is InChI=1S/C14H28N2O/c1-3-14(4-2)11-13(7-10-17-14)16-12-5-8-15-9-6-12/h12-13,15-16H,3-11H2,1-2H3. The third-order valence-corrected chi connectivity index (χ3v) is 4.59. The van der Waals surface area contributed by atoms with Crippen molar-refractivity contribution in [1.29, 1.82) is 0 Å². The molecule has 1 unspecified atom stereocenters. The number of hydrogen-bond acceptors (Lipinski definition) is 3. The van der Waals surface area contributed by atoms with Crippen LogP contribution in [0.4, 0.5) is 0 Å². The summed E-state index contributed by atoms with van der Waals surface area (Å²) in [7, 11) is 0. The molecule has 0 aromatic heterocycles. The van der Waals surface area contributed by atoms with Gasteiger partial charge in [0.05, 0.1) is 5.60 Å². The van der Waals surface area contributed by atoms with Gasteiger partial charge in [0.25, 0.3) is 0 Å². The molecule has 0 aromatic carbocycles. The van der Waals surface area contributed by atoms with Crippen LogP contribution in [0.25, 0.3) is 0 Å². The van der Waals surface area contributed by atoms with Crippen molar-refractivity contribution in [2.24, 2.45) is 0 Å². The predicted octanol–water partition coefficient (Wildman–Crippen LogP) is 2.07. The molecule has 0 amide bonds. The molecule has 1 atom stereocenters. The second-order valence-electron chi connectivity index (χ2n) is 5.62. The lowest BCUT2D eigenvalue weighted by Crippen LogP contribution is -2.51. The molecule has 2 saturated heterocycles. The first kappa shape index (κ1) is 13.3. The molecule has 100 valence electrons. The maximum absolute atomic E-state index is 6.03. The van der Waals surface area contributed by atoms with Crippen LogP contribution in [0.3, 0.4) is 0 Å². The van der Waals surface area contributed by atoms with Crippen LogP contribution in [-0.2, 0) is 4.74 Å². The summed E-state index contributed by atoms with van der Waals surface area (Å²) >= 11 is 0. The minimum Gasteiger partial charge on any atom is -0.375 e. The van der Waals surface area contributed by atoms with E-state index in [2.05, 4.69) is 24.5 Å². The summed E-state index contributed by atoms with van der Waals surface area (Å²) in [5.41, 5.74) is 0.156. The van der Waals surface area contributed by atoms with Gasteiger partial charge in [-0.25, -0.2) is 0 Å². The van der Waals surface area contributed by atoms with Crippen molar-refractivity contribution in [2.75, 3.05) is 19.7 Å². The van der Waals surface area contributed by atoms with E-state index in [1.54, 1.807) is 0 Å². The molecule has 2 N–H and O–H groups in total. The van der Waals surface area contributed by atoms with Crippen LogP contribution in [0.5, 0.6) is 0 Å². The Morgan fingerprint density at radius 1 is 1.12 bits per heavy atom. The Balaban J connectivity index is 1.84. The van der Waals surface area contributed by atoms with Crippen molar-refractivity contribution < 1.29 is 4.74 Å². The molecular formula is C14H28N2O. The molecular weight excluding hydrogens is 212 g/mol.